The minimum atomic E-state index is -0.171. The quantitative estimate of drug-likeness (QED) is 0.874. The molecule has 0 saturated heterocycles. The number of aryl methyl sites for hydroxylation is 2. The van der Waals surface area contributed by atoms with Crippen molar-refractivity contribution < 1.29 is 9.90 Å². The van der Waals surface area contributed by atoms with Gasteiger partial charge in [0, 0.05) is 18.5 Å². The number of nitrogens with zero attached hydrogens (tertiary/aromatic N) is 2. The van der Waals surface area contributed by atoms with E-state index in [0.717, 1.165) is 10.6 Å². The van der Waals surface area contributed by atoms with Crippen molar-refractivity contribution in [3.05, 3.63) is 39.8 Å². The molecule has 2 aromatic rings. The van der Waals surface area contributed by atoms with E-state index in [0.29, 0.717) is 12.1 Å². The van der Waals surface area contributed by atoms with Gasteiger partial charge in [0.05, 0.1) is 11.7 Å². The van der Waals surface area contributed by atoms with Crippen LogP contribution in [-0.2, 0) is 7.05 Å². The molecule has 0 radical (unpaired) electrons. The van der Waals surface area contributed by atoms with Gasteiger partial charge >= 0.3 is 0 Å². The molecule has 0 aliphatic heterocycles. The Kier molecular flexibility index (Phi) is 4.34. The molecule has 0 saturated carbocycles. The SMILES string of the molecule is Cc1cc(C(=O)N[C@H](CCO)c2cccs2)n(C)n1. The summed E-state index contributed by atoms with van der Waals surface area (Å²) in [5, 5.41) is 18.2. The molecular weight excluding hydrogens is 262 g/mol. The Hall–Kier alpha value is -1.66. The number of carbonyl (C=O) groups is 1. The number of aliphatic hydroxyl groups excluding tert-OH is 1. The average molecular weight is 279 g/mol. The maximum absolute atomic E-state index is 12.2. The summed E-state index contributed by atoms with van der Waals surface area (Å²) in [5.41, 5.74) is 1.33. The molecule has 0 unspecified atom stereocenters. The van der Waals surface area contributed by atoms with Gasteiger partial charge in [0.1, 0.15) is 5.69 Å². The minimum absolute atomic E-state index is 0.0350. The summed E-state index contributed by atoms with van der Waals surface area (Å²) in [6.07, 6.45) is 0.503. The largest absolute Gasteiger partial charge is 0.396 e. The molecule has 0 spiro atoms. The van der Waals surface area contributed by atoms with Crippen LogP contribution in [0.2, 0.25) is 0 Å². The summed E-state index contributed by atoms with van der Waals surface area (Å²) in [5.74, 6) is -0.171. The number of nitrogens with one attached hydrogen (secondary N) is 1. The van der Waals surface area contributed by atoms with Gasteiger partial charge in [0.25, 0.3) is 5.91 Å². The molecule has 102 valence electrons. The molecule has 2 N–H and O–H groups in total. The summed E-state index contributed by atoms with van der Waals surface area (Å²) in [6.45, 7) is 1.88. The van der Waals surface area contributed by atoms with Gasteiger partial charge in [0.15, 0.2) is 0 Å². The molecule has 6 heteroatoms. The lowest BCUT2D eigenvalue weighted by Crippen LogP contribution is -2.30. The van der Waals surface area contributed by atoms with Crippen molar-refractivity contribution in [1.82, 2.24) is 15.1 Å². The van der Waals surface area contributed by atoms with Crippen LogP contribution < -0.4 is 5.32 Å². The Morgan fingerprint density at radius 3 is 2.95 bits per heavy atom. The van der Waals surface area contributed by atoms with Crippen molar-refractivity contribution in [1.29, 1.82) is 0 Å². The van der Waals surface area contributed by atoms with E-state index in [-0.39, 0.29) is 18.6 Å². The van der Waals surface area contributed by atoms with E-state index in [9.17, 15) is 4.79 Å². The van der Waals surface area contributed by atoms with E-state index in [1.165, 1.54) is 0 Å². The Morgan fingerprint density at radius 2 is 2.42 bits per heavy atom. The molecule has 0 bridgehead atoms. The van der Waals surface area contributed by atoms with Gasteiger partial charge < -0.3 is 10.4 Å². The first-order valence-electron chi connectivity index (χ1n) is 6.07. The molecule has 2 rings (SSSR count). The maximum atomic E-state index is 12.2. The van der Waals surface area contributed by atoms with Gasteiger partial charge in [-0.2, -0.15) is 5.10 Å². The third-order valence-electron chi connectivity index (χ3n) is 2.84. The summed E-state index contributed by atoms with van der Waals surface area (Å²) in [6, 6.07) is 5.48. The fraction of sp³-hybridized carbons (Fsp3) is 0.385. The predicted octanol–water partition coefficient (Wildman–Crippen LogP) is 1.64. The maximum Gasteiger partial charge on any atom is 0.270 e. The second kappa shape index (κ2) is 5.99. The number of aromatic nitrogens is 2. The highest BCUT2D eigenvalue weighted by molar-refractivity contribution is 7.10. The topological polar surface area (TPSA) is 67.2 Å². The molecule has 2 heterocycles. The van der Waals surface area contributed by atoms with Gasteiger partial charge in [-0.25, -0.2) is 0 Å². The lowest BCUT2D eigenvalue weighted by atomic mass is 10.1. The van der Waals surface area contributed by atoms with Gasteiger partial charge in [-0.15, -0.1) is 11.3 Å². The molecule has 1 atom stereocenters. The average Bonchev–Trinajstić information content (AvgIpc) is 2.98. The van der Waals surface area contributed by atoms with E-state index in [1.807, 2.05) is 24.4 Å². The summed E-state index contributed by atoms with van der Waals surface area (Å²) in [7, 11) is 1.74. The number of thiophene rings is 1. The van der Waals surface area contributed by atoms with Gasteiger partial charge in [-0.3, -0.25) is 9.48 Å². The van der Waals surface area contributed by atoms with Crippen LogP contribution in [0.4, 0.5) is 0 Å². The lowest BCUT2D eigenvalue weighted by Gasteiger charge is -2.16. The van der Waals surface area contributed by atoms with E-state index in [1.54, 1.807) is 29.1 Å². The second-order valence-electron chi connectivity index (χ2n) is 4.35. The van der Waals surface area contributed by atoms with Gasteiger partial charge in [-0.1, -0.05) is 6.07 Å². The second-order valence-corrected chi connectivity index (χ2v) is 5.33. The zero-order valence-corrected chi connectivity index (χ0v) is 11.8. The zero-order chi connectivity index (χ0) is 13.8. The van der Waals surface area contributed by atoms with Crippen LogP contribution in [0.25, 0.3) is 0 Å². The molecule has 0 fully saturated rings. The number of rotatable bonds is 5. The van der Waals surface area contributed by atoms with Crippen molar-refractivity contribution in [3.63, 3.8) is 0 Å². The molecule has 2 aromatic heterocycles. The van der Waals surface area contributed by atoms with Crippen LogP contribution in [-0.4, -0.2) is 27.4 Å². The molecule has 0 aliphatic carbocycles. The van der Waals surface area contributed by atoms with E-state index < -0.39 is 0 Å². The normalized spacial score (nSPS) is 12.4. The third kappa shape index (κ3) is 3.21. The standard InChI is InChI=1S/C13H17N3O2S/c1-9-8-11(16(2)15-9)13(18)14-10(5-6-17)12-4-3-7-19-12/h3-4,7-8,10,17H,5-6H2,1-2H3,(H,14,18)/t10-/m1/s1. The van der Waals surface area contributed by atoms with E-state index >= 15 is 0 Å². The number of hydrogen-bond donors (Lipinski definition) is 2. The van der Waals surface area contributed by atoms with Crippen molar-refractivity contribution in [2.24, 2.45) is 7.05 Å². The molecule has 0 aromatic carbocycles. The van der Waals surface area contributed by atoms with Crippen LogP contribution >= 0.6 is 11.3 Å². The monoisotopic (exact) mass is 279 g/mol. The van der Waals surface area contributed by atoms with Crippen LogP contribution in [0, 0.1) is 6.92 Å². The van der Waals surface area contributed by atoms with E-state index in [4.69, 9.17) is 5.11 Å². The van der Waals surface area contributed by atoms with Crippen molar-refractivity contribution in [3.8, 4) is 0 Å². The first kappa shape index (κ1) is 13.8. The first-order chi connectivity index (χ1) is 9.11. The highest BCUT2D eigenvalue weighted by Crippen LogP contribution is 2.22. The Labute approximate surface area is 115 Å². The molecule has 1 amide bonds. The van der Waals surface area contributed by atoms with Crippen LogP contribution in [0.5, 0.6) is 0 Å². The zero-order valence-electron chi connectivity index (χ0n) is 11.0. The molecular formula is C13H17N3O2S. The Morgan fingerprint density at radius 1 is 1.63 bits per heavy atom. The Bertz CT molecular complexity index is 548. The first-order valence-corrected chi connectivity index (χ1v) is 6.95. The van der Waals surface area contributed by atoms with Crippen molar-refractivity contribution in [2.75, 3.05) is 6.61 Å². The van der Waals surface area contributed by atoms with Crippen molar-refractivity contribution >= 4 is 17.2 Å². The van der Waals surface area contributed by atoms with Gasteiger partial charge in [0.2, 0.25) is 0 Å². The predicted molar refractivity (Wildman–Crippen MR) is 74.2 cm³/mol. The molecule has 19 heavy (non-hydrogen) atoms. The summed E-state index contributed by atoms with van der Waals surface area (Å²) < 4.78 is 1.56. The van der Waals surface area contributed by atoms with Crippen LogP contribution in [0.3, 0.4) is 0 Å². The van der Waals surface area contributed by atoms with Crippen LogP contribution in [0.15, 0.2) is 23.6 Å². The van der Waals surface area contributed by atoms with E-state index in [2.05, 4.69) is 10.4 Å². The summed E-state index contributed by atoms with van der Waals surface area (Å²) in [4.78, 5) is 13.3. The number of aliphatic hydroxyl groups is 1. The summed E-state index contributed by atoms with van der Waals surface area (Å²) >= 11 is 1.57. The number of hydrogen-bond acceptors (Lipinski definition) is 4. The van der Waals surface area contributed by atoms with Crippen molar-refractivity contribution in [2.45, 2.75) is 19.4 Å². The highest BCUT2D eigenvalue weighted by Gasteiger charge is 2.18. The third-order valence-corrected chi connectivity index (χ3v) is 3.83. The van der Waals surface area contributed by atoms with Gasteiger partial charge in [-0.05, 0) is 30.9 Å². The fourth-order valence-corrected chi connectivity index (χ4v) is 2.77. The Balaban J connectivity index is 2.13. The minimum Gasteiger partial charge on any atom is -0.396 e. The molecule has 0 aliphatic rings. The van der Waals surface area contributed by atoms with Crippen LogP contribution in [0.1, 0.15) is 33.5 Å². The number of amides is 1. The highest BCUT2D eigenvalue weighted by atomic mass is 32.1. The smallest absolute Gasteiger partial charge is 0.270 e. The number of carbonyl (C=O) groups excluding carboxylic acids is 1. The molecule has 5 nitrogen and oxygen atoms in total. The fourth-order valence-electron chi connectivity index (χ4n) is 1.96. The lowest BCUT2D eigenvalue weighted by molar-refractivity contribution is 0.0921.